The van der Waals surface area contributed by atoms with Gasteiger partial charge in [0.1, 0.15) is 5.75 Å². The highest BCUT2D eigenvalue weighted by atomic mass is 16.5. The average molecular weight is 219 g/mol. The van der Waals surface area contributed by atoms with E-state index < -0.39 is 0 Å². The number of nitrogens with zero attached hydrogens (tertiary/aromatic N) is 2. The van der Waals surface area contributed by atoms with E-state index in [1.807, 2.05) is 31.2 Å². The Labute approximate surface area is 92.8 Å². The zero-order chi connectivity index (χ0) is 11.4. The van der Waals surface area contributed by atoms with Gasteiger partial charge in [0.05, 0.1) is 12.2 Å². The summed E-state index contributed by atoms with van der Waals surface area (Å²) in [5.74, 6) is 6.95. The quantitative estimate of drug-likeness (QED) is 0.530. The Morgan fingerprint density at radius 3 is 2.94 bits per heavy atom. The summed E-state index contributed by atoms with van der Waals surface area (Å²) in [5.41, 5.74) is 3.23. The van der Waals surface area contributed by atoms with Crippen LogP contribution in [0.1, 0.15) is 6.92 Å². The number of aromatic nitrogens is 3. The number of nitrogen functional groups attached to an aromatic ring is 1. The molecular formula is C10H13N5O. The van der Waals surface area contributed by atoms with E-state index in [-0.39, 0.29) is 0 Å². The molecule has 0 saturated carbocycles. The van der Waals surface area contributed by atoms with Gasteiger partial charge >= 0.3 is 0 Å². The molecule has 0 aliphatic rings. The van der Waals surface area contributed by atoms with E-state index in [0.29, 0.717) is 18.4 Å². The lowest BCUT2D eigenvalue weighted by Gasteiger charge is -2.06. The molecule has 0 spiro atoms. The number of anilines is 1. The van der Waals surface area contributed by atoms with Gasteiger partial charge in [-0.3, -0.25) is 10.5 Å². The lowest BCUT2D eigenvalue weighted by atomic mass is 10.2. The second-order valence-electron chi connectivity index (χ2n) is 3.08. The number of ether oxygens (including phenoxy) is 1. The highest BCUT2D eigenvalue weighted by molar-refractivity contribution is 5.64. The lowest BCUT2D eigenvalue weighted by molar-refractivity contribution is 0.341. The molecule has 0 aliphatic heterocycles. The van der Waals surface area contributed by atoms with E-state index in [0.717, 1.165) is 11.3 Å². The molecule has 0 radical (unpaired) electrons. The van der Waals surface area contributed by atoms with Crippen LogP contribution in [-0.2, 0) is 0 Å². The van der Waals surface area contributed by atoms with Gasteiger partial charge in [0.25, 0.3) is 5.95 Å². The first kappa shape index (κ1) is 10.4. The highest BCUT2D eigenvalue weighted by Crippen LogP contribution is 2.27. The van der Waals surface area contributed by atoms with Crippen LogP contribution in [0.5, 0.6) is 5.75 Å². The van der Waals surface area contributed by atoms with Gasteiger partial charge in [-0.15, -0.1) is 5.10 Å². The molecule has 0 aliphatic carbocycles. The number of aromatic amines is 1. The Morgan fingerprint density at radius 1 is 1.44 bits per heavy atom. The fourth-order valence-electron chi connectivity index (χ4n) is 1.39. The van der Waals surface area contributed by atoms with Gasteiger partial charge in [-0.25, -0.2) is 5.84 Å². The van der Waals surface area contributed by atoms with Crippen LogP contribution in [0, 0.1) is 0 Å². The third-order valence-corrected chi connectivity index (χ3v) is 2.06. The molecule has 0 unspecified atom stereocenters. The molecule has 0 fully saturated rings. The van der Waals surface area contributed by atoms with Crippen LogP contribution in [0.4, 0.5) is 5.95 Å². The van der Waals surface area contributed by atoms with Crippen molar-refractivity contribution in [3.63, 3.8) is 0 Å². The molecule has 0 saturated heterocycles. The van der Waals surface area contributed by atoms with Crippen LogP contribution in [0.15, 0.2) is 24.3 Å². The van der Waals surface area contributed by atoms with Gasteiger partial charge in [0, 0.05) is 0 Å². The summed E-state index contributed by atoms with van der Waals surface area (Å²) < 4.78 is 5.49. The number of benzene rings is 1. The van der Waals surface area contributed by atoms with Crippen LogP contribution in [-0.4, -0.2) is 21.8 Å². The molecule has 1 aromatic heterocycles. The molecule has 2 rings (SSSR count). The summed E-state index contributed by atoms with van der Waals surface area (Å²) in [6, 6.07) is 7.62. The van der Waals surface area contributed by atoms with E-state index in [1.165, 1.54) is 0 Å². The maximum absolute atomic E-state index is 5.49. The predicted molar refractivity (Wildman–Crippen MR) is 60.8 cm³/mol. The maximum atomic E-state index is 5.49. The molecule has 6 nitrogen and oxygen atoms in total. The number of hydrogen-bond acceptors (Lipinski definition) is 5. The molecule has 16 heavy (non-hydrogen) atoms. The number of hydrogen-bond donors (Lipinski definition) is 3. The Balaban J connectivity index is 2.38. The maximum Gasteiger partial charge on any atom is 0.256 e. The molecule has 84 valence electrons. The molecule has 0 bridgehead atoms. The van der Waals surface area contributed by atoms with E-state index in [1.54, 1.807) is 0 Å². The number of nitrogens with two attached hydrogens (primary N) is 1. The number of para-hydroxylation sites is 1. The van der Waals surface area contributed by atoms with Gasteiger partial charge in [0.15, 0.2) is 5.82 Å². The third kappa shape index (κ3) is 1.96. The summed E-state index contributed by atoms with van der Waals surface area (Å²) >= 11 is 0. The van der Waals surface area contributed by atoms with E-state index >= 15 is 0 Å². The molecule has 0 atom stereocenters. The summed E-state index contributed by atoms with van der Waals surface area (Å²) in [5, 5.41) is 6.67. The summed E-state index contributed by atoms with van der Waals surface area (Å²) in [7, 11) is 0. The fraction of sp³-hybridized carbons (Fsp3) is 0.200. The molecule has 1 heterocycles. The third-order valence-electron chi connectivity index (χ3n) is 2.06. The van der Waals surface area contributed by atoms with Crippen molar-refractivity contribution in [2.45, 2.75) is 6.92 Å². The number of H-pyrrole nitrogens is 1. The Morgan fingerprint density at radius 2 is 2.25 bits per heavy atom. The van der Waals surface area contributed by atoms with Crippen LogP contribution in [0.2, 0.25) is 0 Å². The highest BCUT2D eigenvalue weighted by Gasteiger charge is 2.09. The standard InChI is InChI=1S/C10H13N5O/c1-2-16-8-6-4-3-5-7(8)9-12-10(13-11)15-14-9/h3-6H,2,11H2,1H3,(H2,12,13,14,15). The molecule has 1 aromatic carbocycles. The first-order valence-corrected chi connectivity index (χ1v) is 4.96. The summed E-state index contributed by atoms with van der Waals surface area (Å²) in [6.45, 7) is 2.54. The van der Waals surface area contributed by atoms with Crippen LogP contribution in [0.3, 0.4) is 0 Å². The molecule has 6 heteroatoms. The van der Waals surface area contributed by atoms with Crippen molar-refractivity contribution in [2.24, 2.45) is 5.84 Å². The zero-order valence-corrected chi connectivity index (χ0v) is 8.90. The predicted octanol–water partition coefficient (Wildman–Crippen LogP) is 1.16. The molecule has 0 amide bonds. The van der Waals surface area contributed by atoms with E-state index in [2.05, 4.69) is 20.6 Å². The Bertz CT molecular complexity index is 468. The van der Waals surface area contributed by atoms with Crippen molar-refractivity contribution in [2.75, 3.05) is 12.0 Å². The first-order valence-electron chi connectivity index (χ1n) is 4.96. The monoisotopic (exact) mass is 219 g/mol. The van der Waals surface area contributed by atoms with E-state index in [4.69, 9.17) is 10.6 Å². The second-order valence-corrected chi connectivity index (χ2v) is 3.08. The molecular weight excluding hydrogens is 206 g/mol. The smallest absolute Gasteiger partial charge is 0.256 e. The largest absolute Gasteiger partial charge is 0.493 e. The second kappa shape index (κ2) is 4.63. The van der Waals surface area contributed by atoms with Gasteiger partial charge in [0.2, 0.25) is 0 Å². The number of nitrogens with one attached hydrogen (secondary N) is 2. The first-order chi connectivity index (χ1) is 7.85. The van der Waals surface area contributed by atoms with Gasteiger partial charge < -0.3 is 4.74 Å². The summed E-state index contributed by atoms with van der Waals surface area (Å²) in [6.07, 6.45) is 0. The van der Waals surface area contributed by atoms with Crippen LogP contribution >= 0.6 is 0 Å². The van der Waals surface area contributed by atoms with Crippen LogP contribution in [0.25, 0.3) is 11.4 Å². The Kier molecular flexibility index (Phi) is 3.02. The van der Waals surface area contributed by atoms with Gasteiger partial charge in [-0.1, -0.05) is 12.1 Å². The Hall–Kier alpha value is -2.08. The molecule has 2 aromatic rings. The van der Waals surface area contributed by atoms with Crippen molar-refractivity contribution >= 4 is 5.95 Å². The molecule has 4 N–H and O–H groups in total. The normalized spacial score (nSPS) is 10.1. The fourth-order valence-corrected chi connectivity index (χ4v) is 1.39. The van der Waals surface area contributed by atoms with Crippen molar-refractivity contribution < 1.29 is 4.74 Å². The average Bonchev–Trinajstić information content (AvgIpc) is 2.79. The number of rotatable bonds is 4. The topological polar surface area (TPSA) is 88.8 Å². The van der Waals surface area contributed by atoms with Crippen LogP contribution < -0.4 is 16.0 Å². The summed E-state index contributed by atoms with van der Waals surface area (Å²) in [4.78, 5) is 4.16. The van der Waals surface area contributed by atoms with Gasteiger partial charge in [-0.05, 0) is 19.1 Å². The minimum Gasteiger partial charge on any atom is -0.493 e. The van der Waals surface area contributed by atoms with E-state index in [9.17, 15) is 0 Å². The minimum absolute atomic E-state index is 0.348. The minimum atomic E-state index is 0.348. The SMILES string of the molecule is CCOc1ccccc1-c1nc(NN)n[nH]1. The van der Waals surface area contributed by atoms with Crippen molar-refractivity contribution in [1.29, 1.82) is 0 Å². The van der Waals surface area contributed by atoms with Gasteiger partial charge in [-0.2, -0.15) is 4.98 Å². The number of hydrazine groups is 1. The van der Waals surface area contributed by atoms with Crippen molar-refractivity contribution in [3.05, 3.63) is 24.3 Å². The zero-order valence-electron chi connectivity index (χ0n) is 8.90. The lowest BCUT2D eigenvalue weighted by Crippen LogP contribution is -2.07. The van der Waals surface area contributed by atoms with Crippen molar-refractivity contribution in [3.8, 4) is 17.1 Å². The van der Waals surface area contributed by atoms with Crippen molar-refractivity contribution in [1.82, 2.24) is 15.2 Å².